The number of aliphatic hydroxyl groups excluding tert-OH is 1. The van der Waals surface area contributed by atoms with Gasteiger partial charge in [-0.1, -0.05) is 13.8 Å². The van der Waals surface area contributed by atoms with Gasteiger partial charge in [0.05, 0.1) is 29.3 Å². The first-order chi connectivity index (χ1) is 13.3. The van der Waals surface area contributed by atoms with Crippen LogP contribution in [0.3, 0.4) is 0 Å². The summed E-state index contributed by atoms with van der Waals surface area (Å²) in [5, 5.41) is 24.2. The van der Waals surface area contributed by atoms with E-state index < -0.39 is 17.6 Å². The van der Waals surface area contributed by atoms with Crippen molar-refractivity contribution in [2.24, 2.45) is 5.92 Å². The summed E-state index contributed by atoms with van der Waals surface area (Å²) >= 11 is 3.25. The summed E-state index contributed by atoms with van der Waals surface area (Å²) in [4.78, 5) is 21.0. The van der Waals surface area contributed by atoms with Gasteiger partial charge in [0.1, 0.15) is 4.60 Å². The highest BCUT2D eigenvalue weighted by molar-refractivity contribution is 9.10. The molecule has 4 atom stereocenters. The lowest BCUT2D eigenvalue weighted by Crippen LogP contribution is -2.51. The number of aliphatic hydroxyl groups is 2. The van der Waals surface area contributed by atoms with Crippen LogP contribution in [0.15, 0.2) is 35.2 Å². The van der Waals surface area contributed by atoms with E-state index in [0.29, 0.717) is 29.6 Å². The Hall–Kier alpha value is -2.03. The monoisotopic (exact) mass is 448 g/mol. The maximum Gasteiger partial charge on any atom is 0.276 e. The highest BCUT2D eigenvalue weighted by Crippen LogP contribution is 2.45. The molecule has 0 unspecified atom stereocenters. The van der Waals surface area contributed by atoms with Crippen molar-refractivity contribution in [1.29, 1.82) is 0 Å². The summed E-state index contributed by atoms with van der Waals surface area (Å²) in [5.74, 6) is -0.518. The second-order valence-electron chi connectivity index (χ2n) is 7.42. The van der Waals surface area contributed by atoms with Crippen LogP contribution in [0.4, 0.5) is 11.4 Å². The highest BCUT2D eigenvalue weighted by atomic mass is 79.9. The van der Waals surface area contributed by atoms with Crippen LogP contribution in [0, 0.1) is 5.92 Å². The van der Waals surface area contributed by atoms with Crippen LogP contribution in [-0.2, 0) is 0 Å². The lowest BCUT2D eigenvalue weighted by atomic mass is 9.67. The smallest absolute Gasteiger partial charge is 0.276 e. The largest absolute Gasteiger partial charge is 0.397 e. The van der Waals surface area contributed by atoms with E-state index in [-0.39, 0.29) is 23.2 Å². The topological polar surface area (TPSA) is 121 Å². The quantitative estimate of drug-likeness (QED) is 0.533. The third kappa shape index (κ3) is 3.90. The number of nitrogen functional groups attached to an aromatic ring is 1. The molecule has 0 aromatic carbocycles. The number of carbonyl (C=O) groups excluding carboxylic acids is 1. The Morgan fingerprint density at radius 3 is 2.82 bits per heavy atom. The molecule has 1 amide bonds. The van der Waals surface area contributed by atoms with E-state index in [2.05, 4.69) is 31.2 Å². The van der Waals surface area contributed by atoms with E-state index in [1.807, 2.05) is 19.9 Å². The molecule has 1 aliphatic carbocycles. The minimum absolute atomic E-state index is 0.0112. The minimum atomic E-state index is -1.08. The average molecular weight is 449 g/mol. The van der Waals surface area contributed by atoms with Gasteiger partial charge in [-0.25, -0.2) is 4.98 Å². The molecule has 28 heavy (non-hydrogen) atoms. The second-order valence-corrected chi connectivity index (χ2v) is 8.23. The van der Waals surface area contributed by atoms with E-state index in [9.17, 15) is 15.0 Å². The number of hydrogen-bond donors (Lipinski definition) is 4. The molecule has 150 valence electrons. The van der Waals surface area contributed by atoms with Gasteiger partial charge in [0.2, 0.25) is 0 Å². The van der Waals surface area contributed by atoms with Crippen molar-refractivity contribution < 1.29 is 15.0 Å². The summed E-state index contributed by atoms with van der Waals surface area (Å²) in [6, 6.07) is 5.12. The van der Waals surface area contributed by atoms with Crippen molar-refractivity contribution in [2.45, 2.75) is 50.7 Å². The predicted octanol–water partition coefficient (Wildman–Crippen LogP) is 3.09. The molecule has 8 heteroatoms. The molecule has 1 fully saturated rings. The van der Waals surface area contributed by atoms with Crippen LogP contribution in [0.1, 0.15) is 55.1 Å². The standard InChI is InChI=1S/C20H25BrN4O3/c1-3-20(28)11(2)8-12(9-16(20)26)13-6-7-23-10-15(13)24-19(27)18-14(22)4-5-17(21)25-18/h4-7,10-12,16,26,28H,3,8-9,22H2,1-2H3,(H,24,27)/t11-,12+,16+,20+/m0/s1. The molecular formula is C20H25BrN4O3. The molecule has 1 saturated carbocycles. The van der Waals surface area contributed by atoms with Gasteiger partial charge in [0.15, 0.2) is 5.69 Å². The second kappa shape index (κ2) is 8.14. The van der Waals surface area contributed by atoms with Crippen LogP contribution in [0.25, 0.3) is 0 Å². The van der Waals surface area contributed by atoms with Crippen LogP contribution < -0.4 is 11.1 Å². The maximum atomic E-state index is 12.7. The summed E-state index contributed by atoms with van der Waals surface area (Å²) in [5.41, 5.74) is 6.64. The zero-order chi connectivity index (χ0) is 20.5. The molecule has 0 spiro atoms. The molecule has 2 aromatic rings. The number of rotatable bonds is 4. The van der Waals surface area contributed by atoms with Crippen LogP contribution in [0.2, 0.25) is 0 Å². The lowest BCUT2D eigenvalue weighted by Gasteiger charge is -2.45. The van der Waals surface area contributed by atoms with Gasteiger partial charge in [0, 0.05) is 6.20 Å². The molecule has 0 aliphatic heterocycles. The number of nitrogens with two attached hydrogens (primary N) is 1. The average Bonchev–Trinajstić information content (AvgIpc) is 2.68. The van der Waals surface area contributed by atoms with Crippen molar-refractivity contribution in [2.75, 3.05) is 11.1 Å². The van der Waals surface area contributed by atoms with Crippen LogP contribution in [-0.4, -0.2) is 37.8 Å². The lowest BCUT2D eigenvalue weighted by molar-refractivity contribution is -0.138. The van der Waals surface area contributed by atoms with E-state index in [1.54, 1.807) is 24.5 Å². The first-order valence-electron chi connectivity index (χ1n) is 9.34. The van der Waals surface area contributed by atoms with Crippen molar-refractivity contribution in [3.8, 4) is 0 Å². The van der Waals surface area contributed by atoms with Crippen LogP contribution >= 0.6 is 15.9 Å². The molecule has 1 aliphatic rings. The van der Waals surface area contributed by atoms with Crippen molar-refractivity contribution in [3.63, 3.8) is 0 Å². The number of hydrogen-bond acceptors (Lipinski definition) is 6. The molecule has 3 rings (SSSR count). The SMILES string of the molecule is CC[C@]1(O)[C@H](O)C[C@H](c2ccncc2NC(=O)c2nc(Br)ccc2N)C[C@@H]1C. The summed E-state index contributed by atoms with van der Waals surface area (Å²) < 4.78 is 0.515. The number of amides is 1. The molecule has 7 nitrogen and oxygen atoms in total. The van der Waals surface area contributed by atoms with Gasteiger partial charge in [-0.2, -0.15) is 0 Å². The molecule has 2 aromatic heterocycles. The molecule has 0 radical (unpaired) electrons. The summed E-state index contributed by atoms with van der Waals surface area (Å²) in [6.07, 6.45) is 4.03. The zero-order valence-electron chi connectivity index (χ0n) is 15.9. The van der Waals surface area contributed by atoms with E-state index in [0.717, 1.165) is 5.56 Å². The molecule has 0 saturated heterocycles. The predicted molar refractivity (Wildman–Crippen MR) is 111 cm³/mol. The first-order valence-corrected chi connectivity index (χ1v) is 10.1. The minimum Gasteiger partial charge on any atom is -0.397 e. The fourth-order valence-electron chi connectivity index (χ4n) is 4.04. The summed E-state index contributed by atoms with van der Waals surface area (Å²) in [7, 11) is 0. The number of nitrogens with one attached hydrogen (secondary N) is 1. The number of carbonyl (C=O) groups is 1. The molecular weight excluding hydrogens is 424 g/mol. The van der Waals surface area contributed by atoms with E-state index >= 15 is 0 Å². The Bertz CT molecular complexity index is 864. The molecule has 0 bridgehead atoms. The van der Waals surface area contributed by atoms with Gasteiger partial charge in [0.25, 0.3) is 5.91 Å². The number of pyridine rings is 2. The number of anilines is 2. The number of halogens is 1. The van der Waals surface area contributed by atoms with Gasteiger partial charge in [-0.3, -0.25) is 9.78 Å². The summed E-state index contributed by atoms with van der Waals surface area (Å²) in [6.45, 7) is 3.83. The Kier molecular flexibility index (Phi) is 6.02. The Morgan fingerprint density at radius 2 is 2.14 bits per heavy atom. The fraction of sp³-hybridized carbons (Fsp3) is 0.450. The molecule has 2 heterocycles. The Labute approximate surface area is 172 Å². The maximum absolute atomic E-state index is 12.7. The highest BCUT2D eigenvalue weighted by Gasteiger charge is 2.45. The van der Waals surface area contributed by atoms with Gasteiger partial charge in [-0.15, -0.1) is 0 Å². The first kappa shape index (κ1) is 20.7. The van der Waals surface area contributed by atoms with Crippen molar-refractivity contribution in [3.05, 3.63) is 46.5 Å². The number of aromatic nitrogens is 2. The van der Waals surface area contributed by atoms with Gasteiger partial charge in [-0.05, 0) is 70.8 Å². The Morgan fingerprint density at radius 1 is 1.39 bits per heavy atom. The zero-order valence-corrected chi connectivity index (χ0v) is 17.5. The van der Waals surface area contributed by atoms with E-state index in [4.69, 9.17) is 5.73 Å². The fourth-order valence-corrected chi connectivity index (χ4v) is 4.35. The van der Waals surface area contributed by atoms with Crippen molar-refractivity contribution in [1.82, 2.24) is 9.97 Å². The van der Waals surface area contributed by atoms with Gasteiger partial charge < -0.3 is 21.3 Å². The third-order valence-corrected chi connectivity index (χ3v) is 6.23. The van der Waals surface area contributed by atoms with Crippen LogP contribution in [0.5, 0.6) is 0 Å². The van der Waals surface area contributed by atoms with Crippen molar-refractivity contribution >= 4 is 33.2 Å². The number of nitrogens with zero attached hydrogens (tertiary/aromatic N) is 2. The van der Waals surface area contributed by atoms with E-state index in [1.165, 1.54) is 0 Å². The molecule has 5 N–H and O–H groups in total. The normalized spacial score (nSPS) is 27.4. The third-order valence-electron chi connectivity index (χ3n) is 5.79. The Balaban J connectivity index is 1.86. The van der Waals surface area contributed by atoms with Gasteiger partial charge >= 0.3 is 0 Å².